The predicted octanol–water partition coefficient (Wildman–Crippen LogP) is 2.25. The molecule has 0 aliphatic carbocycles. The number of hydrogen-bond acceptors (Lipinski definition) is 4. The van der Waals surface area contributed by atoms with Crippen LogP contribution in [0.2, 0.25) is 0 Å². The number of phenolic OH excluding ortho intramolecular Hbond substituents is 1. The Morgan fingerprint density at radius 3 is 2.82 bits per heavy atom. The zero-order chi connectivity index (χ0) is 12.7. The summed E-state index contributed by atoms with van der Waals surface area (Å²) in [6.45, 7) is 2.14. The van der Waals surface area contributed by atoms with Gasteiger partial charge in [0.05, 0.1) is 6.61 Å². The van der Waals surface area contributed by atoms with Gasteiger partial charge in [0.25, 0.3) is 0 Å². The standard InChI is InChI=1S/C13H13NO3/c1-2-7-17-13(16)11(9-14)8-10-5-3-4-6-12(10)15/h3-6,8,15H,2,7H2,1H3/b11-8+. The molecule has 1 N–H and O–H groups in total. The first-order chi connectivity index (χ1) is 8.19. The molecule has 0 amide bonds. The lowest BCUT2D eigenvalue weighted by molar-refractivity contribution is -0.138. The third-order valence-corrected chi connectivity index (χ3v) is 2.01. The smallest absolute Gasteiger partial charge is 0.348 e. The van der Waals surface area contributed by atoms with Crippen molar-refractivity contribution in [3.8, 4) is 11.8 Å². The van der Waals surface area contributed by atoms with Crippen molar-refractivity contribution in [2.45, 2.75) is 13.3 Å². The third kappa shape index (κ3) is 3.65. The lowest BCUT2D eigenvalue weighted by Gasteiger charge is -2.02. The van der Waals surface area contributed by atoms with Crippen molar-refractivity contribution < 1.29 is 14.6 Å². The van der Waals surface area contributed by atoms with E-state index in [1.165, 1.54) is 12.1 Å². The van der Waals surface area contributed by atoms with Gasteiger partial charge in [-0.05, 0) is 18.6 Å². The third-order valence-electron chi connectivity index (χ3n) is 2.01. The summed E-state index contributed by atoms with van der Waals surface area (Å²) in [4.78, 5) is 11.5. The van der Waals surface area contributed by atoms with E-state index in [0.717, 1.165) is 0 Å². The van der Waals surface area contributed by atoms with Crippen LogP contribution in [0.1, 0.15) is 18.9 Å². The summed E-state index contributed by atoms with van der Waals surface area (Å²) in [5, 5.41) is 18.4. The summed E-state index contributed by atoms with van der Waals surface area (Å²) in [6, 6.07) is 8.22. The minimum Gasteiger partial charge on any atom is -0.507 e. The van der Waals surface area contributed by atoms with Crippen LogP contribution in [-0.2, 0) is 9.53 Å². The molecule has 88 valence electrons. The highest BCUT2D eigenvalue weighted by Gasteiger charge is 2.10. The number of aromatic hydroxyl groups is 1. The van der Waals surface area contributed by atoms with Crippen LogP contribution in [0.3, 0.4) is 0 Å². The van der Waals surface area contributed by atoms with Crippen LogP contribution in [0, 0.1) is 11.3 Å². The normalized spacial score (nSPS) is 10.7. The van der Waals surface area contributed by atoms with Gasteiger partial charge < -0.3 is 9.84 Å². The van der Waals surface area contributed by atoms with Gasteiger partial charge in [-0.25, -0.2) is 4.79 Å². The van der Waals surface area contributed by atoms with Crippen LogP contribution in [0.5, 0.6) is 5.75 Å². The monoisotopic (exact) mass is 231 g/mol. The fraction of sp³-hybridized carbons (Fsp3) is 0.231. The molecule has 0 saturated carbocycles. The summed E-state index contributed by atoms with van der Waals surface area (Å²) in [6.07, 6.45) is 2.01. The van der Waals surface area contributed by atoms with E-state index >= 15 is 0 Å². The Balaban J connectivity index is 2.92. The van der Waals surface area contributed by atoms with Crippen molar-refractivity contribution in [2.75, 3.05) is 6.61 Å². The summed E-state index contributed by atoms with van der Waals surface area (Å²) in [5.41, 5.74) is 0.289. The second kappa shape index (κ2) is 6.33. The zero-order valence-electron chi connectivity index (χ0n) is 9.51. The number of para-hydroxylation sites is 1. The van der Waals surface area contributed by atoms with E-state index in [4.69, 9.17) is 10.00 Å². The summed E-state index contributed by atoms with van der Waals surface area (Å²) >= 11 is 0. The Labute approximate surface area is 99.8 Å². The number of hydrogen-bond donors (Lipinski definition) is 1. The van der Waals surface area contributed by atoms with E-state index in [0.29, 0.717) is 12.0 Å². The molecule has 1 aromatic rings. The quantitative estimate of drug-likeness (QED) is 0.490. The van der Waals surface area contributed by atoms with E-state index in [1.807, 2.05) is 6.92 Å². The SMILES string of the molecule is CCCOC(=O)/C(C#N)=C/c1ccccc1O. The van der Waals surface area contributed by atoms with Gasteiger partial charge in [-0.3, -0.25) is 0 Å². The Kier molecular flexibility index (Phi) is 4.77. The molecule has 0 aromatic heterocycles. The molecular weight excluding hydrogens is 218 g/mol. The number of benzene rings is 1. The average Bonchev–Trinajstić information content (AvgIpc) is 2.35. The molecule has 4 nitrogen and oxygen atoms in total. The molecule has 0 fully saturated rings. The highest BCUT2D eigenvalue weighted by atomic mass is 16.5. The number of rotatable bonds is 4. The molecule has 0 unspecified atom stereocenters. The van der Waals surface area contributed by atoms with Crippen LogP contribution in [0.25, 0.3) is 6.08 Å². The fourth-order valence-corrected chi connectivity index (χ4v) is 1.17. The summed E-state index contributed by atoms with van der Waals surface area (Å²) < 4.78 is 4.84. The van der Waals surface area contributed by atoms with Gasteiger partial charge in [-0.15, -0.1) is 0 Å². The Bertz CT molecular complexity index is 472. The number of carbonyl (C=O) groups excluding carboxylic acids is 1. The van der Waals surface area contributed by atoms with Crippen molar-refractivity contribution >= 4 is 12.0 Å². The minimum atomic E-state index is -0.669. The highest BCUT2D eigenvalue weighted by molar-refractivity contribution is 5.98. The number of nitrogens with zero attached hydrogens (tertiary/aromatic N) is 1. The summed E-state index contributed by atoms with van der Waals surface area (Å²) in [7, 11) is 0. The molecule has 17 heavy (non-hydrogen) atoms. The van der Waals surface area contributed by atoms with Gasteiger partial charge >= 0.3 is 5.97 Å². The number of carbonyl (C=O) groups is 1. The van der Waals surface area contributed by atoms with Crippen molar-refractivity contribution in [1.29, 1.82) is 5.26 Å². The molecule has 0 aliphatic rings. The summed E-state index contributed by atoms with van der Waals surface area (Å²) in [5.74, 6) is -0.652. The van der Waals surface area contributed by atoms with Crippen LogP contribution >= 0.6 is 0 Å². The van der Waals surface area contributed by atoms with E-state index in [1.54, 1.807) is 24.3 Å². The first-order valence-electron chi connectivity index (χ1n) is 5.26. The second-order valence-electron chi connectivity index (χ2n) is 3.36. The molecule has 0 atom stereocenters. The van der Waals surface area contributed by atoms with Crippen LogP contribution in [-0.4, -0.2) is 17.7 Å². The molecule has 0 aliphatic heterocycles. The number of ether oxygens (including phenoxy) is 1. The van der Waals surface area contributed by atoms with Crippen molar-refractivity contribution in [3.63, 3.8) is 0 Å². The zero-order valence-corrected chi connectivity index (χ0v) is 9.51. The fourth-order valence-electron chi connectivity index (χ4n) is 1.17. The maximum absolute atomic E-state index is 11.5. The first kappa shape index (κ1) is 12.8. The van der Waals surface area contributed by atoms with Gasteiger partial charge in [0.15, 0.2) is 0 Å². The van der Waals surface area contributed by atoms with Gasteiger partial charge in [-0.2, -0.15) is 5.26 Å². The average molecular weight is 231 g/mol. The number of nitriles is 1. The lowest BCUT2D eigenvalue weighted by atomic mass is 10.1. The topological polar surface area (TPSA) is 70.3 Å². The molecule has 0 saturated heterocycles. The first-order valence-corrected chi connectivity index (χ1v) is 5.26. The maximum Gasteiger partial charge on any atom is 0.348 e. The molecule has 1 aromatic carbocycles. The Morgan fingerprint density at radius 2 is 2.24 bits per heavy atom. The van der Waals surface area contributed by atoms with Crippen LogP contribution < -0.4 is 0 Å². The van der Waals surface area contributed by atoms with Crippen LogP contribution in [0.15, 0.2) is 29.8 Å². The van der Waals surface area contributed by atoms with E-state index in [2.05, 4.69) is 0 Å². The maximum atomic E-state index is 11.5. The van der Waals surface area contributed by atoms with Gasteiger partial charge in [0.1, 0.15) is 17.4 Å². The molecule has 0 bridgehead atoms. The largest absolute Gasteiger partial charge is 0.507 e. The molecule has 0 spiro atoms. The van der Waals surface area contributed by atoms with Gasteiger partial charge in [0.2, 0.25) is 0 Å². The van der Waals surface area contributed by atoms with E-state index < -0.39 is 5.97 Å². The number of esters is 1. The Morgan fingerprint density at radius 1 is 1.53 bits per heavy atom. The minimum absolute atomic E-state index is 0.0172. The van der Waals surface area contributed by atoms with E-state index in [9.17, 15) is 9.90 Å². The lowest BCUT2D eigenvalue weighted by Crippen LogP contribution is -2.07. The molecule has 4 heteroatoms. The molecular formula is C13H13NO3. The second-order valence-corrected chi connectivity index (χ2v) is 3.36. The van der Waals surface area contributed by atoms with E-state index in [-0.39, 0.29) is 17.9 Å². The van der Waals surface area contributed by atoms with Gasteiger partial charge in [0, 0.05) is 5.56 Å². The predicted molar refractivity (Wildman–Crippen MR) is 62.9 cm³/mol. The molecule has 1 rings (SSSR count). The van der Waals surface area contributed by atoms with Crippen molar-refractivity contribution in [1.82, 2.24) is 0 Å². The molecule has 0 heterocycles. The molecule has 0 radical (unpaired) electrons. The van der Waals surface area contributed by atoms with Crippen molar-refractivity contribution in [3.05, 3.63) is 35.4 Å². The van der Waals surface area contributed by atoms with Crippen molar-refractivity contribution in [2.24, 2.45) is 0 Å². The number of phenols is 1. The van der Waals surface area contributed by atoms with Crippen LogP contribution in [0.4, 0.5) is 0 Å². The highest BCUT2D eigenvalue weighted by Crippen LogP contribution is 2.19. The van der Waals surface area contributed by atoms with Gasteiger partial charge in [-0.1, -0.05) is 25.1 Å². The Hall–Kier alpha value is -2.28.